The molecule has 0 spiro atoms. The van der Waals surface area contributed by atoms with Gasteiger partial charge in [0.15, 0.2) is 0 Å². The maximum Gasteiger partial charge on any atom is 0.0417 e. The molecule has 0 N–H and O–H groups in total. The van der Waals surface area contributed by atoms with Crippen molar-refractivity contribution in [3.8, 4) is 0 Å². The number of hydrogen-bond donors (Lipinski definition) is 0. The number of rotatable bonds is 11. The van der Waals surface area contributed by atoms with Gasteiger partial charge in [-0.25, -0.2) is 4.31 Å². The molecule has 0 saturated carbocycles. The Bertz CT molecular complexity index is 1130. The van der Waals surface area contributed by atoms with Crippen molar-refractivity contribution >= 4 is 23.5 Å². The molecule has 1 aliphatic heterocycles. The molecule has 0 radical (unpaired) electrons. The Morgan fingerprint density at radius 3 is 2.57 bits per heavy atom. The van der Waals surface area contributed by atoms with Crippen molar-refractivity contribution < 1.29 is 0 Å². The first kappa shape index (κ1) is 26.8. The summed E-state index contributed by atoms with van der Waals surface area (Å²) in [4.78, 5) is 3.96. The summed E-state index contributed by atoms with van der Waals surface area (Å²) in [5.41, 5.74) is 4.86. The molecule has 0 aromatic heterocycles. The van der Waals surface area contributed by atoms with E-state index in [-0.39, 0.29) is 5.41 Å². The predicted octanol–water partition coefficient (Wildman–Crippen LogP) is 8.29. The first-order valence-electron chi connectivity index (χ1n) is 14.1. The van der Waals surface area contributed by atoms with Crippen molar-refractivity contribution in [3.05, 3.63) is 101 Å². The maximum absolute atomic E-state index is 6.26. The van der Waals surface area contributed by atoms with Crippen LogP contribution in [-0.2, 0) is 18.3 Å². The molecular weight excluding hydrogens is 492 g/mol. The molecule has 0 bridgehead atoms. The lowest BCUT2D eigenvalue weighted by Crippen LogP contribution is -2.41. The number of piperidine rings is 1. The molecule has 3 aromatic carbocycles. The standard InChI is InChI=1S/C33H41ClN2S/c1-35(37-31-15-8-14-30(34)25-31)26-33(20-17-29-13-5-6-16-32(29)33)21-24-36-22-18-28(19-23-36)12-7-11-27-9-3-2-4-10-27/h2-6,8-10,13-16,25,28H,7,11-12,17-24,26H2,1H3. The zero-order valence-electron chi connectivity index (χ0n) is 22.2. The highest BCUT2D eigenvalue weighted by atomic mass is 35.5. The van der Waals surface area contributed by atoms with Crippen LogP contribution in [-0.4, -0.2) is 42.4 Å². The molecule has 4 heteroatoms. The van der Waals surface area contributed by atoms with Gasteiger partial charge in [0.1, 0.15) is 0 Å². The van der Waals surface area contributed by atoms with Gasteiger partial charge in [-0.3, -0.25) is 0 Å². The molecule has 1 fully saturated rings. The van der Waals surface area contributed by atoms with Crippen molar-refractivity contribution in [1.82, 2.24) is 9.21 Å². The number of fused-ring (bicyclic) bond motifs is 1. The molecule has 5 rings (SSSR count). The van der Waals surface area contributed by atoms with Crippen LogP contribution in [0.1, 0.15) is 55.2 Å². The summed E-state index contributed by atoms with van der Waals surface area (Å²) in [6, 6.07) is 28.4. The van der Waals surface area contributed by atoms with Gasteiger partial charge in [-0.1, -0.05) is 78.7 Å². The monoisotopic (exact) mass is 532 g/mol. The van der Waals surface area contributed by atoms with Crippen LogP contribution in [0.15, 0.2) is 83.8 Å². The Hall–Kier alpha value is -1.78. The van der Waals surface area contributed by atoms with Crippen LogP contribution in [0.25, 0.3) is 0 Å². The van der Waals surface area contributed by atoms with Crippen LogP contribution < -0.4 is 0 Å². The highest BCUT2D eigenvalue weighted by molar-refractivity contribution is 7.97. The summed E-state index contributed by atoms with van der Waals surface area (Å²) in [6.07, 6.45) is 10.4. The van der Waals surface area contributed by atoms with E-state index in [4.69, 9.17) is 11.6 Å². The second kappa shape index (κ2) is 12.8. The number of benzene rings is 3. The fraction of sp³-hybridized carbons (Fsp3) is 0.455. The van der Waals surface area contributed by atoms with Gasteiger partial charge in [-0.05, 0) is 124 Å². The lowest BCUT2D eigenvalue weighted by atomic mass is 9.78. The molecular formula is C33H41ClN2S. The van der Waals surface area contributed by atoms with Crippen LogP contribution >= 0.6 is 23.5 Å². The number of halogens is 1. The van der Waals surface area contributed by atoms with E-state index < -0.39 is 0 Å². The van der Waals surface area contributed by atoms with Crippen molar-refractivity contribution in [2.75, 3.05) is 33.2 Å². The van der Waals surface area contributed by atoms with E-state index in [0.29, 0.717) is 0 Å². The fourth-order valence-electron chi connectivity index (χ4n) is 6.54. The van der Waals surface area contributed by atoms with E-state index in [0.717, 1.165) is 17.5 Å². The average molecular weight is 533 g/mol. The van der Waals surface area contributed by atoms with Gasteiger partial charge in [0.2, 0.25) is 0 Å². The van der Waals surface area contributed by atoms with Gasteiger partial charge in [0.25, 0.3) is 0 Å². The Kier molecular flexibility index (Phi) is 9.31. The second-order valence-corrected chi connectivity index (χ2v) is 12.9. The molecule has 3 aromatic rings. The number of hydrogen-bond acceptors (Lipinski definition) is 3. The number of aryl methyl sites for hydroxylation is 2. The van der Waals surface area contributed by atoms with Crippen LogP contribution in [0.2, 0.25) is 5.02 Å². The first-order valence-corrected chi connectivity index (χ1v) is 15.2. The van der Waals surface area contributed by atoms with E-state index in [1.165, 1.54) is 81.5 Å². The maximum atomic E-state index is 6.26. The normalized spacial score (nSPS) is 20.4. The Labute approximate surface area is 233 Å². The molecule has 1 saturated heterocycles. The van der Waals surface area contributed by atoms with Gasteiger partial charge in [-0.2, -0.15) is 0 Å². The minimum atomic E-state index is 0.226. The summed E-state index contributed by atoms with van der Waals surface area (Å²) >= 11 is 8.08. The Balaban J connectivity index is 1.15. The Morgan fingerprint density at radius 1 is 0.973 bits per heavy atom. The number of likely N-dealkylation sites (tertiary alicyclic amines) is 1. The second-order valence-electron chi connectivity index (χ2n) is 11.2. The van der Waals surface area contributed by atoms with Crippen LogP contribution in [0, 0.1) is 5.92 Å². The van der Waals surface area contributed by atoms with Crippen molar-refractivity contribution in [3.63, 3.8) is 0 Å². The zero-order chi connectivity index (χ0) is 25.5. The van der Waals surface area contributed by atoms with E-state index in [9.17, 15) is 0 Å². The molecule has 1 unspecified atom stereocenters. The third kappa shape index (κ3) is 7.20. The number of likely N-dealkylation sites (N-methyl/N-ethyl adjacent to an activating group) is 1. The van der Waals surface area contributed by atoms with E-state index in [1.807, 2.05) is 24.1 Å². The summed E-state index contributed by atoms with van der Waals surface area (Å²) in [5, 5.41) is 0.808. The molecule has 37 heavy (non-hydrogen) atoms. The van der Waals surface area contributed by atoms with Crippen molar-refractivity contribution in [1.29, 1.82) is 0 Å². The lowest BCUT2D eigenvalue weighted by Gasteiger charge is -2.38. The van der Waals surface area contributed by atoms with Gasteiger partial charge in [0.05, 0.1) is 0 Å². The molecule has 2 nitrogen and oxygen atoms in total. The van der Waals surface area contributed by atoms with E-state index >= 15 is 0 Å². The topological polar surface area (TPSA) is 6.48 Å². The van der Waals surface area contributed by atoms with Crippen LogP contribution in [0.5, 0.6) is 0 Å². The smallest absolute Gasteiger partial charge is 0.0417 e. The summed E-state index contributed by atoms with van der Waals surface area (Å²) < 4.78 is 2.44. The SMILES string of the molecule is CN(CC1(CCN2CCC(CCCc3ccccc3)CC2)CCc2ccccc21)Sc1cccc(Cl)c1. The van der Waals surface area contributed by atoms with Gasteiger partial charge < -0.3 is 4.90 Å². The minimum Gasteiger partial charge on any atom is -0.303 e. The molecule has 1 aliphatic carbocycles. The molecule has 1 atom stereocenters. The lowest BCUT2D eigenvalue weighted by molar-refractivity contribution is 0.158. The first-order chi connectivity index (χ1) is 18.1. The largest absolute Gasteiger partial charge is 0.303 e. The quantitative estimate of drug-likeness (QED) is 0.229. The van der Waals surface area contributed by atoms with Gasteiger partial charge >= 0.3 is 0 Å². The third-order valence-corrected chi connectivity index (χ3v) is 9.72. The summed E-state index contributed by atoms with van der Waals surface area (Å²) in [7, 11) is 2.25. The number of nitrogens with zero attached hydrogens (tertiary/aromatic N) is 2. The van der Waals surface area contributed by atoms with Crippen molar-refractivity contribution in [2.24, 2.45) is 5.92 Å². The van der Waals surface area contributed by atoms with Crippen LogP contribution in [0.4, 0.5) is 0 Å². The fourth-order valence-corrected chi connectivity index (χ4v) is 7.79. The molecule has 2 aliphatic rings. The zero-order valence-corrected chi connectivity index (χ0v) is 23.8. The minimum absolute atomic E-state index is 0.226. The highest BCUT2D eigenvalue weighted by Gasteiger charge is 2.39. The molecule has 1 heterocycles. The van der Waals surface area contributed by atoms with Crippen molar-refractivity contribution in [2.45, 2.75) is 61.7 Å². The molecule has 0 amide bonds. The molecule has 196 valence electrons. The van der Waals surface area contributed by atoms with Gasteiger partial charge in [-0.15, -0.1) is 0 Å². The Morgan fingerprint density at radius 2 is 1.76 bits per heavy atom. The third-order valence-electron chi connectivity index (χ3n) is 8.58. The summed E-state index contributed by atoms with van der Waals surface area (Å²) in [5.74, 6) is 0.904. The van der Waals surface area contributed by atoms with E-state index in [1.54, 1.807) is 11.1 Å². The highest BCUT2D eigenvalue weighted by Crippen LogP contribution is 2.44. The van der Waals surface area contributed by atoms with Crippen LogP contribution in [0.3, 0.4) is 0 Å². The predicted molar refractivity (Wildman–Crippen MR) is 160 cm³/mol. The van der Waals surface area contributed by atoms with Gasteiger partial charge in [0, 0.05) is 21.9 Å². The van der Waals surface area contributed by atoms with E-state index in [2.05, 4.69) is 83.0 Å². The average Bonchev–Trinajstić information content (AvgIpc) is 3.27. The summed E-state index contributed by atoms with van der Waals surface area (Å²) in [6.45, 7) is 4.81.